The number of rotatable bonds is 6. The van der Waals surface area contributed by atoms with Gasteiger partial charge < -0.3 is 15.4 Å². The number of ether oxygens (including phenoxy) is 1. The van der Waals surface area contributed by atoms with Crippen LogP contribution in [0.2, 0.25) is 0 Å². The Balaban J connectivity index is 1.59. The molecule has 0 spiro atoms. The van der Waals surface area contributed by atoms with Crippen molar-refractivity contribution in [1.29, 1.82) is 0 Å². The van der Waals surface area contributed by atoms with E-state index in [1.165, 1.54) is 0 Å². The number of hydrogen-bond acceptors (Lipinski definition) is 3. The van der Waals surface area contributed by atoms with Crippen LogP contribution < -0.4 is 15.4 Å². The number of benzene rings is 2. The van der Waals surface area contributed by atoms with Gasteiger partial charge in [0.05, 0.1) is 0 Å². The molecule has 0 aromatic heterocycles. The number of hydrogen-bond donors (Lipinski definition) is 2. The number of anilines is 2. The smallest absolute Gasteiger partial charge is 0.265 e. The largest absolute Gasteiger partial charge is 0.481 e. The van der Waals surface area contributed by atoms with Crippen LogP contribution in [0.25, 0.3) is 0 Å². The third-order valence-electron chi connectivity index (χ3n) is 4.02. The monoisotopic (exact) mass is 338 g/mol. The van der Waals surface area contributed by atoms with Crippen LogP contribution in [-0.2, 0) is 9.59 Å². The van der Waals surface area contributed by atoms with Crippen molar-refractivity contribution in [3.63, 3.8) is 0 Å². The molecule has 1 aliphatic rings. The molecule has 0 saturated heterocycles. The lowest BCUT2D eigenvalue weighted by molar-refractivity contribution is -0.122. The van der Waals surface area contributed by atoms with Gasteiger partial charge in [-0.15, -0.1) is 0 Å². The molecule has 2 aromatic carbocycles. The first-order valence-electron chi connectivity index (χ1n) is 8.46. The standard InChI is InChI=1S/C20H22N2O3/c1-13-5-3-8-18(11-13)25-14(2)19(23)21-16-6-4-7-17(12-16)22-20(24)15-9-10-15/h3-8,11-12,14-15H,9-10H2,1-2H3,(H,21,23)(H,22,24). The van der Waals surface area contributed by atoms with E-state index in [-0.39, 0.29) is 17.7 Å². The maximum Gasteiger partial charge on any atom is 0.265 e. The topological polar surface area (TPSA) is 67.4 Å². The number of aryl methyl sites for hydroxylation is 1. The number of carbonyl (C=O) groups excluding carboxylic acids is 2. The zero-order valence-electron chi connectivity index (χ0n) is 14.4. The first kappa shape index (κ1) is 17.0. The zero-order chi connectivity index (χ0) is 17.8. The summed E-state index contributed by atoms with van der Waals surface area (Å²) in [6.45, 7) is 3.68. The van der Waals surface area contributed by atoms with Gasteiger partial charge >= 0.3 is 0 Å². The molecular weight excluding hydrogens is 316 g/mol. The second-order valence-corrected chi connectivity index (χ2v) is 6.41. The van der Waals surface area contributed by atoms with Gasteiger partial charge in [0.1, 0.15) is 5.75 Å². The van der Waals surface area contributed by atoms with Gasteiger partial charge in [-0.2, -0.15) is 0 Å². The van der Waals surface area contributed by atoms with Crippen molar-refractivity contribution in [3.05, 3.63) is 54.1 Å². The van der Waals surface area contributed by atoms with Gasteiger partial charge in [0, 0.05) is 17.3 Å². The summed E-state index contributed by atoms with van der Waals surface area (Å²) >= 11 is 0. The first-order valence-corrected chi connectivity index (χ1v) is 8.46. The molecule has 0 aliphatic heterocycles. The summed E-state index contributed by atoms with van der Waals surface area (Å²) in [4.78, 5) is 24.2. The van der Waals surface area contributed by atoms with Gasteiger partial charge in [0.25, 0.3) is 5.91 Å². The van der Waals surface area contributed by atoms with E-state index in [2.05, 4.69) is 10.6 Å². The maximum atomic E-state index is 12.3. The van der Waals surface area contributed by atoms with E-state index >= 15 is 0 Å². The fourth-order valence-corrected chi connectivity index (χ4v) is 2.45. The molecule has 5 heteroatoms. The van der Waals surface area contributed by atoms with Gasteiger partial charge in [-0.3, -0.25) is 9.59 Å². The Morgan fingerprint density at radius 1 is 1.04 bits per heavy atom. The van der Waals surface area contributed by atoms with Gasteiger partial charge in [-0.1, -0.05) is 18.2 Å². The Morgan fingerprint density at radius 3 is 2.40 bits per heavy atom. The van der Waals surface area contributed by atoms with Crippen LogP contribution in [0.1, 0.15) is 25.3 Å². The summed E-state index contributed by atoms with van der Waals surface area (Å²) < 4.78 is 5.68. The summed E-state index contributed by atoms with van der Waals surface area (Å²) in [6.07, 6.45) is 1.28. The van der Waals surface area contributed by atoms with E-state index in [1.807, 2.05) is 37.3 Å². The fourth-order valence-electron chi connectivity index (χ4n) is 2.45. The molecule has 0 heterocycles. The minimum atomic E-state index is -0.633. The van der Waals surface area contributed by atoms with Gasteiger partial charge in [-0.25, -0.2) is 0 Å². The third kappa shape index (κ3) is 4.83. The highest BCUT2D eigenvalue weighted by atomic mass is 16.5. The van der Waals surface area contributed by atoms with Crippen molar-refractivity contribution in [3.8, 4) is 5.75 Å². The number of carbonyl (C=O) groups is 2. The van der Waals surface area contributed by atoms with Crippen molar-refractivity contribution in [2.45, 2.75) is 32.8 Å². The van der Waals surface area contributed by atoms with E-state index in [4.69, 9.17) is 4.74 Å². The normalized spacial score (nSPS) is 14.5. The lowest BCUT2D eigenvalue weighted by Crippen LogP contribution is -2.30. The van der Waals surface area contributed by atoms with E-state index in [9.17, 15) is 9.59 Å². The van der Waals surface area contributed by atoms with Crippen LogP contribution in [-0.4, -0.2) is 17.9 Å². The highest BCUT2D eigenvalue weighted by Gasteiger charge is 2.29. The molecule has 0 radical (unpaired) electrons. The quantitative estimate of drug-likeness (QED) is 0.843. The lowest BCUT2D eigenvalue weighted by Gasteiger charge is -2.15. The molecule has 1 atom stereocenters. The van der Waals surface area contributed by atoms with Crippen LogP contribution >= 0.6 is 0 Å². The van der Waals surface area contributed by atoms with Gasteiger partial charge in [0.15, 0.2) is 6.10 Å². The fraction of sp³-hybridized carbons (Fsp3) is 0.300. The third-order valence-corrected chi connectivity index (χ3v) is 4.02. The van der Waals surface area contributed by atoms with Crippen LogP contribution in [0.5, 0.6) is 5.75 Å². The average Bonchev–Trinajstić information content (AvgIpc) is 3.40. The minimum absolute atomic E-state index is 0.0413. The van der Waals surface area contributed by atoms with E-state index in [0.717, 1.165) is 18.4 Å². The van der Waals surface area contributed by atoms with E-state index in [1.54, 1.807) is 25.1 Å². The second kappa shape index (κ2) is 7.38. The minimum Gasteiger partial charge on any atom is -0.481 e. The van der Waals surface area contributed by atoms with Gasteiger partial charge in [-0.05, 0) is 62.6 Å². The Bertz CT molecular complexity index is 784. The van der Waals surface area contributed by atoms with Crippen LogP contribution in [0.15, 0.2) is 48.5 Å². The highest BCUT2D eigenvalue weighted by molar-refractivity contribution is 5.97. The van der Waals surface area contributed by atoms with Crippen LogP contribution in [0.4, 0.5) is 11.4 Å². The van der Waals surface area contributed by atoms with E-state index in [0.29, 0.717) is 17.1 Å². The average molecular weight is 338 g/mol. The Morgan fingerprint density at radius 2 is 1.72 bits per heavy atom. The van der Waals surface area contributed by atoms with E-state index < -0.39 is 6.10 Å². The summed E-state index contributed by atoms with van der Waals surface area (Å²) in [5, 5.41) is 5.69. The SMILES string of the molecule is Cc1cccc(OC(C)C(=O)Nc2cccc(NC(=O)C3CC3)c2)c1. The molecule has 1 unspecified atom stereocenters. The van der Waals surface area contributed by atoms with Crippen LogP contribution in [0, 0.1) is 12.8 Å². The number of nitrogens with one attached hydrogen (secondary N) is 2. The molecule has 2 N–H and O–H groups in total. The second-order valence-electron chi connectivity index (χ2n) is 6.41. The van der Waals surface area contributed by atoms with Gasteiger partial charge in [0.2, 0.25) is 5.91 Å². The molecule has 130 valence electrons. The molecule has 25 heavy (non-hydrogen) atoms. The highest BCUT2D eigenvalue weighted by Crippen LogP contribution is 2.30. The molecule has 2 aromatic rings. The van der Waals surface area contributed by atoms with Crippen molar-refractivity contribution in [2.24, 2.45) is 5.92 Å². The predicted molar refractivity (Wildman–Crippen MR) is 97.7 cm³/mol. The molecule has 1 aliphatic carbocycles. The Kier molecular flexibility index (Phi) is 5.03. The van der Waals surface area contributed by atoms with Crippen molar-refractivity contribution >= 4 is 23.2 Å². The predicted octanol–water partition coefficient (Wildman–Crippen LogP) is 3.75. The molecule has 3 rings (SSSR count). The van der Waals surface area contributed by atoms with Crippen molar-refractivity contribution in [2.75, 3.05) is 10.6 Å². The molecule has 1 fully saturated rings. The molecule has 1 saturated carbocycles. The van der Waals surface area contributed by atoms with Crippen LogP contribution in [0.3, 0.4) is 0 Å². The molecule has 0 bridgehead atoms. The zero-order valence-corrected chi connectivity index (χ0v) is 14.4. The number of amides is 2. The summed E-state index contributed by atoms with van der Waals surface area (Å²) in [6, 6.07) is 14.7. The maximum absolute atomic E-state index is 12.3. The Labute approximate surface area is 147 Å². The summed E-state index contributed by atoms with van der Waals surface area (Å²) in [5.41, 5.74) is 2.38. The molecule has 2 amide bonds. The lowest BCUT2D eigenvalue weighted by atomic mass is 10.2. The Hall–Kier alpha value is -2.82. The summed E-state index contributed by atoms with van der Waals surface area (Å²) in [5.74, 6) is 0.598. The van der Waals surface area contributed by atoms with Crippen molar-refractivity contribution in [1.82, 2.24) is 0 Å². The first-order chi connectivity index (χ1) is 12.0. The molecule has 5 nitrogen and oxygen atoms in total. The summed E-state index contributed by atoms with van der Waals surface area (Å²) in [7, 11) is 0. The van der Waals surface area contributed by atoms with Crippen molar-refractivity contribution < 1.29 is 14.3 Å². The molecular formula is C20H22N2O3.